The molecule has 0 heterocycles. The molecule has 1 rings (SSSR count). The van der Waals surface area contributed by atoms with E-state index < -0.39 is 17.4 Å². The predicted octanol–water partition coefficient (Wildman–Crippen LogP) is 7.92. The standard InChI is InChI=1S/C26H33F3O2/c1-9-30-21(8)26(29)25(28)19(6)17(4)10-11-18(5)23-13-12-22(14-24(23)27)20(7)31-15-16(2)3/h10-11,14,16,20H,4-6,8-9,12-13,15H2,1-3,7H3/b11-10-,26-25-. The van der Waals surface area contributed by atoms with Crippen molar-refractivity contribution in [3.05, 3.63) is 95.6 Å². The summed E-state index contributed by atoms with van der Waals surface area (Å²) in [6, 6.07) is 0. The van der Waals surface area contributed by atoms with E-state index in [1.54, 1.807) is 6.92 Å². The molecule has 1 atom stereocenters. The van der Waals surface area contributed by atoms with E-state index in [1.807, 2.05) is 6.92 Å². The second-order valence-corrected chi connectivity index (χ2v) is 7.76. The van der Waals surface area contributed by atoms with Gasteiger partial charge < -0.3 is 9.47 Å². The molecule has 0 radical (unpaired) electrons. The van der Waals surface area contributed by atoms with Crippen LogP contribution in [0, 0.1) is 5.92 Å². The van der Waals surface area contributed by atoms with Crippen molar-refractivity contribution in [1.29, 1.82) is 0 Å². The molecule has 0 saturated carbocycles. The van der Waals surface area contributed by atoms with Crippen molar-refractivity contribution < 1.29 is 22.6 Å². The van der Waals surface area contributed by atoms with Gasteiger partial charge in [0.2, 0.25) is 5.83 Å². The number of rotatable bonds is 12. The van der Waals surface area contributed by atoms with Gasteiger partial charge in [0.05, 0.1) is 12.7 Å². The zero-order valence-corrected chi connectivity index (χ0v) is 19.0. The van der Waals surface area contributed by atoms with Crippen molar-refractivity contribution >= 4 is 0 Å². The lowest BCUT2D eigenvalue weighted by atomic mass is 9.90. The van der Waals surface area contributed by atoms with Gasteiger partial charge in [-0.1, -0.05) is 52.3 Å². The summed E-state index contributed by atoms with van der Waals surface area (Å²) in [4.78, 5) is 0. The van der Waals surface area contributed by atoms with Gasteiger partial charge in [-0.2, -0.15) is 4.39 Å². The van der Waals surface area contributed by atoms with Gasteiger partial charge >= 0.3 is 0 Å². The Bertz CT molecular complexity index is 854. The average Bonchev–Trinajstić information content (AvgIpc) is 2.73. The predicted molar refractivity (Wildman–Crippen MR) is 122 cm³/mol. The lowest BCUT2D eigenvalue weighted by Gasteiger charge is -2.22. The van der Waals surface area contributed by atoms with Gasteiger partial charge in [-0.25, -0.2) is 8.78 Å². The van der Waals surface area contributed by atoms with E-state index in [9.17, 15) is 13.2 Å². The second-order valence-electron chi connectivity index (χ2n) is 7.76. The van der Waals surface area contributed by atoms with E-state index in [0.717, 1.165) is 5.57 Å². The van der Waals surface area contributed by atoms with Crippen LogP contribution >= 0.6 is 0 Å². The molecule has 1 aliphatic rings. The highest BCUT2D eigenvalue weighted by Crippen LogP contribution is 2.33. The number of hydrogen-bond donors (Lipinski definition) is 0. The maximum absolute atomic E-state index is 14.7. The summed E-state index contributed by atoms with van der Waals surface area (Å²) in [5.74, 6) is -2.81. The molecule has 0 fully saturated rings. The van der Waals surface area contributed by atoms with Crippen LogP contribution in [0.25, 0.3) is 0 Å². The SMILES string of the molecule is C=C(/C=C\C(=C)C1=C(F)C=C(C(C)OCC(C)C)CC1)C(=C)/C(F)=C(/F)C(=C)OCC. The van der Waals surface area contributed by atoms with Crippen LogP contribution < -0.4 is 0 Å². The first-order chi connectivity index (χ1) is 14.5. The maximum atomic E-state index is 14.7. The molecule has 5 heteroatoms. The number of ether oxygens (including phenoxy) is 2. The molecule has 0 aromatic rings. The van der Waals surface area contributed by atoms with Crippen molar-refractivity contribution in [2.24, 2.45) is 5.92 Å². The van der Waals surface area contributed by atoms with Gasteiger partial charge in [-0.3, -0.25) is 0 Å². The van der Waals surface area contributed by atoms with Gasteiger partial charge in [0.15, 0.2) is 11.6 Å². The van der Waals surface area contributed by atoms with E-state index in [0.29, 0.717) is 36.5 Å². The molecule has 1 unspecified atom stereocenters. The van der Waals surface area contributed by atoms with Gasteiger partial charge in [-0.05, 0) is 61.0 Å². The molecule has 0 aliphatic heterocycles. The molecule has 170 valence electrons. The quantitative estimate of drug-likeness (QED) is 0.229. The van der Waals surface area contributed by atoms with Crippen LogP contribution in [0.1, 0.15) is 40.5 Å². The van der Waals surface area contributed by atoms with Crippen molar-refractivity contribution in [2.45, 2.75) is 46.6 Å². The topological polar surface area (TPSA) is 18.5 Å². The Morgan fingerprint density at radius 1 is 1.06 bits per heavy atom. The fourth-order valence-electron chi connectivity index (χ4n) is 2.82. The van der Waals surface area contributed by atoms with Crippen molar-refractivity contribution in [2.75, 3.05) is 13.2 Å². The smallest absolute Gasteiger partial charge is 0.200 e. The van der Waals surface area contributed by atoms with Crippen LogP contribution in [0.2, 0.25) is 0 Å². The number of hydrogen-bond acceptors (Lipinski definition) is 2. The fraction of sp³-hybridized carbons (Fsp3) is 0.385. The lowest BCUT2D eigenvalue weighted by Crippen LogP contribution is -2.17. The van der Waals surface area contributed by atoms with Crippen molar-refractivity contribution in [3.8, 4) is 0 Å². The Morgan fingerprint density at radius 3 is 2.26 bits per heavy atom. The van der Waals surface area contributed by atoms with E-state index in [4.69, 9.17) is 9.47 Å². The Morgan fingerprint density at radius 2 is 1.71 bits per heavy atom. The molecular weight excluding hydrogens is 401 g/mol. The molecule has 0 bridgehead atoms. The van der Waals surface area contributed by atoms with Gasteiger partial charge in [0, 0.05) is 12.2 Å². The Hall–Kier alpha value is -2.53. The minimum absolute atomic E-state index is 0.127. The van der Waals surface area contributed by atoms with Crippen LogP contribution in [0.15, 0.2) is 95.6 Å². The van der Waals surface area contributed by atoms with E-state index in [2.05, 4.69) is 40.2 Å². The highest BCUT2D eigenvalue weighted by Gasteiger charge is 2.20. The lowest BCUT2D eigenvalue weighted by molar-refractivity contribution is 0.0670. The zero-order valence-electron chi connectivity index (χ0n) is 19.0. The van der Waals surface area contributed by atoms with Gasteiger partial charge in [0.1, 0.15) is 5.83 Å². The minimum atomic E-state index is -1.23. The van der Waals surface area contributed by atoms with Crippen LogP contribution in [0.3, 0.4) is 0 Å². The zero-order chi connectivity index (χ0) is 23.7. The Balaban J connectivity index is 2.87. The summed E-state index contributed by atoms with van der Waals surface area (Å²) >= 11 is 0. The highest BCUT2D eigenvalue weighted by molar-refractivity contribution is 5.52. The Labute approximate surface area is 184 Å². The van der Waals surface area contributed by atoms with Gasteiger partial charge in [-0.15, -0.1) is 0 Å². The summed E-state index contributed by atoms with van der Waals surface area (Å²) in [6.45, 7) is 22.9. The third-order valence-corrected chi connectivity index (χ3v) is 4.75. The number of allylic oxidation sites excluding steroid dienone is 10. The first-order valence-electron chi connectivity index (χ1n) is 10.3. The third kappa shape index (κ3) is 7.91. The fourth-order valence-corrected chi connectivity index (χ4v) is 2.82. The third-order valence-electron chi connectivity index (χ3n) is 4.75. The van der Waals surface area contributed by atoms with E-state index in [1.165, 1.54) is 18.2 Å². The molecular formula is C26H33F3O2. The first-order valence-corrected chi connectivity index (χ1v) is 10.3. The highest BCUT2D eigenvalue weighted by atomic mass is 19.2. The second kappa shape index (κ2) is 12.4. The first kappa shape index (κ1) is 26.5. The molecule has 0 aromatic heterocycles. The van der Waals surface area contributed by atoms with Crippen molar-refractivity contribution in [3.63, 3.8) is 0 Å². The normalized spacial score (nSPS) is 16.2. The van der Waals surface area contributed by atoms with Crippen LogP contribution in [0.5, 0.6) is 0 Å². The van der Waals surface area contributed by atoms with Crippen LogP contribution in [0.4, 0.5) is 13.2 Å². The monoisotopic (exact) mass is 434 g/mol. The molecule has 31 heavy (non-hydrogen) atoms. The van der Waals surface area contributed by atoms with Crippen LogP contribution in [-0.2, 0) is 9.47 Å². The summed E-state index contributed by atoms with van der Waals surface area (Å²) in [6.07, 6.45) is 5.41. The molecule has 0 saturated heterocycles. The maximum Gasteiger partial charge on any atom is 0.200 e. The minimum Gasteiger partial charge on any atom is -0.491 e. The summed E-state index contributed by atoms with van der Waals surface area (Å²) in [5, 5.41) is 0. The molecule has 2 nitrogen and oxygen atoms in total. The van der Waals surface area contributed by atoms with E-state index >= 15 is 0 Å². The molecule has 1 aliphatic carbocycles. The van der Waals surface area contributed by atoms with Gasteiger partial charge in [0.25, 0.3) is 0 Å². The largest absolute Gasteiger partial charge is 0.491 e. The summed E-state index contributed by atoms with van der Waals surface area (Å²) in [7, 11) is 0. The molecule has 0 N–H and O–H groups in total. The summed E-state index contributed by atoms with van der Waals surface area (Å²) in [5.41, 5.74) is 1.66. The molecule has 0 aromatic carbocycles. The van der Waals surface area contributed by atoms with E-state index in [-0.39, 0.29) is 29.7 Å². The average molecular weight is 435 g/mol. The van der Waals surface area contributed by atoms with Crippen molar-refractivity contribution in [1.82, 2.24) is 0 Å². The molecule has 0 spiro atoms. The van der Waals surface area contributed by atoms with Crippen LogP contribution in [-0.4, -0.2) is 19.3 Å². The summed E-state index contributed by atoms with van der Waals surface area (Å²) < 4.78 is 53.5. The number of halogens is 3. The molecule has 0 amide bonds. The Kier molecular flexibility index (Phi) is 10.6.